The number of anilines is 1. The Labute approximate surface area is 189 Å². The van der Waals surface area contributed by atoms with Crippen molar-refractivity contribution in [1.82, 2.24) is 0 Å². The molecular formula is C24H20ClNO6. The second kappa shape index (κ2) is 8.43. The van der Waals surface area contributed by atoms with E-state index in [1.54, 1.807) is 48.5 Å². The van der Waals surface area contributed by atoms with Gasteiger partial charge in [0.15, 0.2) is 0 Å². The maximum Gasteiger partial charge on any atom is 0.300 e. The van der Waals surface area contributed by atoms with Crippen molar-refractivity contribution in [3.05, 3.63) is 82.3 Å². The summed E-state index contributed by atoms with van der Waals surface area (Å²) in [6.45, 7) is 1.83. The fourth-order valence-corrected chi connectivity index (χ4v) is 3.86. The molecule has 0 spiro atoms. The molecule has 1 aliphatic heterocycles. The number of aryl methyl sites for hydroxylation is 1. The van der Waals surface area contributed by atoms with Crippen LogP contribution in [-0.2, 0) is 9.59 Å². The van der Waals surface area contributed by atoms with Crippen LogP contribution in [0.15, 0.2) is 64.8 Å². The summed E-state index contributed by atoms with van der Waals surface area (Å²) in [6, 6.07) is 12.1. The molecule has 0 bridgehead atoms. The first-order valence-electron chi connectivity index (χ1n) is 9.70. The number of ketones is 1. The van der Waals surface area contributed by atoms with Gasteiger partial charge in [0.05, 0.1) is 31.6 Å². The number of aliphatic hydroxyl groups excluding tert-OH is 1. The quantitative estimate of drug-likeness (QED) is 0.336. The number of carbonyl (C=O) groups is 2. The first-order chi connectivity index (χ1) is 15.4. The molecule has 2 aromatic carbocycles. The Morgan fingerprint density at radius 1 is 1.09 bits per heavy atom. The predicted octanol–water partition coefficient (Wildman–Crippen LogP) is 4.88. The Kier molecular flexibility index (Phi) is 5.67. The molecule has 0 saturated carbocycles. The summed E-state index contributed by atoms with van der Waals surface area (Å²) in [7, 11) is 2.94. The molecule has 8 heteroatoms. The standard InChI is InChI=1S/C24H20ClNO6/c1-13-6-7-14(11-17(13)25)26-21(18-5-4-10-32-18)20(23(28)24(26)29)22(27)16-9-8-15(30-2)12-19(16)31-3/h4-12,21,27H,1-3H3/b22-20-. The summed E-state index contributed by atoms with van der Waals surface area (Å²) < 4.78 is 16.1. The number of hydrogen-bond acceptors (Lipinski definition) is 6. The van der Waals surface area contributed by atoms with Gasteiger partial charge in [0, 0.05) is 16.8 Å². The van der Waals surface area contributed by atoms with E-state index in [1.165, 1.54) is 25.4 Å². The lowest BCUT2D eigenvalue weighted by Gasteiger charge is -2.24. The van der Waals surface area contributed by atoms with E-state index in [-0.39, 0.29) is 22.6 Å². The number of carbonyl (C=O) groups excluding carboxylic acids is 2. The number of aliphatic hydroxyl groups is 1. The molecule has 1 saturated heterocycles. The number of benzene rings is 2. The number of halogens is 1. The number of furan rings is 1. The minimum Gasteiger partial charge on any atom is -0.507 e. The van der Waals surface area contributed by atoms with E-state index >= 15 is 0 Å². The average Bonchev–Trinajstić information content (AvgIpc) is 3.42. The normalized spacial score (nSPS) is 17.6. The molecular weight excluding hydrogens is 434 g/mol. The number of Topliss-reactive ketones (excluding diaryl/α,β-unsaturated/α-hetero) is 1. The smallest absolute Gasteiger partial charge is 0.300 e. The van der Waals surface area contributed by atoms with Crippen molar-refractivity contribution in [3.63, 3.8) is 0 Å². The van der Waals surface area contributed by atoms with Crippen molar-refractivity contribution in [2.45, 2.75) is 13.0 Å². The molecule has 1 fully saturated rings. The molecule has 1 amide bonds. The van der Waals surface area contributed by atoms with Crippen LogP contribution in [0, 0.1) is 6.92 Å². The Hall–Kier alpha value is -3.71. The summed E-state index contributed by atoms with van der Waals surface area (Å²) in [6.07, 6.45) is 1.44. The van der Waals surface area contributed by atoms with Gasteiger partial charge in [-0.25, -0.2) is 0 Å². The summed E-state index contributed by atoms with van der Waals surface area (Å²) in [5, 5.41) is 11.7. The number of methoxy groups -OCH3 is 2. The van der Waals surface area contributed by atoms with Crippen molar-refractivity contribution in [2.24, 2.45) is 0 Å². The second-order valence-corrected chi connectivity index (χ2v) is 7.59. The van der Waals surface area contributed by atoms with Gasteiger partial charge in [-0.3, -0.25) is 14.5 Å². The average molecular weight is 454 g/mol. The Morgan fingerprint density at radius 2 is 1.88 bits per heavy atom. The minimum absolute atomic E-state index is 0.120. The molecule has 1 unspecified atom stereocenters. The van der Waals surface area contributed by atoms with Crippen molar-refractivity contribution in [1.29, 1.82) is 0 Å². The summed E-state index contributed by atoms with van der Waals surface area (Å²) in [5.41, 5.74) is 1.35. The fourth-order valence-electron chi connectivity index (χ4n) is 3.69. The summed E-state index contributed by atoms with van der Waals surface area (Å²) in [5.74, 6) is -0.931. The van der Waals surface area contributed by atoms with Crippen LogP contribution >= 0.6 is 11.6 Å². The van der Waals surface area contributed by atoms with Crippen molar-refractivity contribution >= 4 is 34.7 Å². The number of rotatable bonds is 5. The molecule has 1 aromatic heterocycles. The van der Waals surface area contributed by atoms with Crippen LogP contribution < -0.4 is 14.4 Å². The van der Waals surface area contributed by atoms with Gasteiger partial charge in [-0.15, -0.1) is 0 Å². The van der Waals surface area contributed by atoms with Crippen LogP contribution in [-0.4, -0.2) is 31.0 Å². The lowest BCUT2D eigenvalue weighted by atomic mass is 9.98. The Balaban J connectivity index is 1.94. The lowest BCUT2D eigenvalue weighted by molar-refractivity contribution is -0.132. The zero-order valence-electron chi connectivity index (χ0n) is 17.6. The number of nitrogens with zero attached hydrogens (tertiary/aromatic N) is 1. The van der Waals surface area contributed by atoms with Crippen molar-refractivity contribution < 1.29 is 28.6 Å². The van der Waals surface area contributed by atoms with Gasteiger partial charge in [0.1, 0.15) is 29.1 Å². The van der Waals surface area contributed by atoms with Gasteiger partial charge in [-0.2, -0.15) is 0 Å². The van der Waals surface area contributed by atoms with Crippen LogP contribution in [0.5, 0.6) is 11.5 Å². The van der Waals surface area contributed by atoms with Gasteiger partial charge in [0.2, 0.25) is 0 Å². The van der Waals surface area contributed by atoms with E-state index in [0.29, 0.717) is 22.2 Å². The number of amides is 1. The van der Waals surface area contributed by atoms with Gasteiger partial charge < -0.3 is 19.0 Å². The topological polar surface area (TPSA) is 89.2 Å². The first kappa shape index (κ1) is 21.5. The van der Waals surface area contributed by atoms with Crippen LogP contribution in [0.2, 0.25) is 5.02 Å². The molecule has 1 atom stereocenters. The molecule has 1 aliphatic rings. The van der Waals surface area contributed by atoms with E-state index in [4.69, 9.17) is 25.5 Å². The van der Waals surface area contributed by atoms with E-state index in [0.717, 1.165) is 5.56 Å². The fraction of sp³-hybridized carbons (Fsp3) is 0.167. The van der Waals surface area contributed by atoms with Gasteiger partial charge in [0.25, 0.3) is 11.7 Å². The van der Waals surface area contributed by atoms with Crippen LogP contribution in [0.4, 0.5) is 5.69 Å². The van der Waals surface area contributed by atoms with Gasteiger partial charge in [-0.05, 0) is 48.9 Å². The maximum absolute atomic E-state index is 13.1. The Bertz CT molecular complexity index is 1230. The highest BCUT2D eigenvalue weighted by atomic mass is 35.5. The minimum atomic E-state index is -0.990. The monoisotopic (exact) mass is 453 g/mol. The molecule has 0 aliphatic carbocycles. The highest BCUT2D eigenvalue weighted by Crippen LogP contribution is 2.44. The molecule has 0 radical (unpaired) electrons. The lowest BCUT2D eigenvalue weighted by Crippen LogP contribution is -2.29. The van der Waals surface area contributed by atoms with E-state index in [9.17, 15) is 14.7 Å². The van der Waals surface area contributed by atoms with Gasteiger partial charge in [-0.1, -0.05) is 17.7 Å². The maximum atomic E-state index is 13.1. The molecule has 1 N–H and O–H groups in total. The largest absolute Gasteiger partial charge is 0.507 e. The number of ether oxygens (including phenoxy) is 2. The SMILES string of the molecule is COc1ccc(/C(O)=C2/C(=O)C(=O)N(c3ccc(C)c(Cl)c3)C2c2ccco2)c(OC)c1. The van der Waals surface area contributed by atoms with Crippen molar-refractivity contribution in [3.8, 4) is 11.5 Å². The molecule has 4 rings (SSSR count). The molecule has 7 nitrogen and oxygen atoms in total. The summed E-state index contributed by atoms with van der Waals surface area (Å²) >= 11 is 6.28. The molecule has 3 aromatic rings. The highest BCUT2D eigenvalue weighted by Gasteiger charge is 2.48. The van der Waals surface area contributed by atoms with Gasteiger partial charge >= 0.3 is 0 Å². The predicted molar refractivity (Wildman–Crippen MR) is 119 cm³/mol. The van der Waals surface area contributed by atoms with E-state index in [2.05, 4.69) is 0 Å². The highest BCUT2D eigenvalue weighted by molar-refractivity contribution is 6.51. The number of hydrogen-bond donors (Lipinski definition) is 1. The van der Waals surface area contributed by atoms with Crippen LogP contribution in [0.3, 0.4) is 0 Å². The molecule has 32 heavy (non-hydrogen) atoms. The van der Waals surface area contributed by atoms with E-state index in [1.807, 2.05) is 6.92 Å². The molecule has 2 heterocycles. The third kappa shape index (κ3) is 3.50. The third-order valence-electron chi connectivity index (χ3n) is 5.35. The zero-order chi connectivity index (χ0) is 23.0. The van der Waals surface area contributed by atoms with E-state index < -0.39 is 17.7 Å². The summed E-state index contributed by atoms with van der Waals surface area (Å²) in [4.78, 5) is 27.5. The Morgan fingerprint density at radius 3 is 2.50 bits per heavy atom. The molecule has 164 valence electrons. The first-order valence-corrected chi connectivity index (χ1v) is 10.1. The van der Waals surface area contributed by atoms with Crippen LogP contribution in [0.1, 0.15) is 22.9 Å². The zero-order valence-corrected chi connectivity index (χ0v) is 18.3. The second-order valence-electron chi connectivity index (χ2n) is 7.18. The van der Waals surface area contributed by atoms with Crippen LogP contribution in [0.25, 0.3) is 5.76 Å². The third-order valence-corrected chi connectivity index (χ3v) is 5.76. The van der Waals surface area contributed by atoms with Crippen molar-refractivity contribution in [2.75, 3.05) is 19.1 Å².